The summed E-state index contributed by atoms with van der Waals surface area (Å²) in [5.74, 6) is 0. The van der Waals surface area contributed by atoms with Gasteiger partial charge < -0.3 is 0 Å². The highest BCUT2D eigenvalue weighted by Gasteiger charge is 2.28. The molecule has 2 rings (SSSR count). The third-order valence-electron chi connectivity index (χ3n) is 2.77. The van der Waals surface area contributed by atoms with Gasteiger partial charge in [-0.15, -0.1) is 0 Å². The highest BCUT2D eigenvalue weighted by molar-refractivity contribution is 7.93. The fraction of sp³-hybridized carbons (Fsp3) is 0.0769. The molecule has 0 fully saturated rings. The number of aryl methyl sites for hydroxylation is 1. The van der Waals surface area contributed by atoms with Crippen LogP contribution in [-0.2, 0) is 10.0 Å². The Hall–Kier alpha value is -1.83. The number of nitrogens with one attached hydrogen (secondary N) is 1. The van der Waals surface area contributed by atoms with Crippen LogP contribution in [0.15, 0.2) is 41.3 Å². The van der Waals surface area contributed by atoms with Gasteiger partial charge in [0, 0.05) is 16.1 Å². The molecule has 0 aromatic heterocycles. The number of sulfonamides is 1. The predicted octanol–water partition coefficient (Wildman–Crippen LogP) is 4.01. The molecular weight excluding hydrogens is 351 g/mol. The van der Waals surface area contributed by atoms with Gasteiger partial charge in [-0.25, -0.2) is 8.42 Å². The van der Waals surface area contributed by atoms with Gasteiger partial charge in [0.15, 0.2) is 4.90 Å². The van der Waals surface area contributed by atoms with Crippen molar-refractivity contribution in [1.82, 2.24) is 0 Å². The van der Waals surface area contributed by atoms with Gasteiger partial charge >= 0.3 is 0 Å². The molecule has 0 spiro atoms. The molecule has 0 atom stereocenters. The number of rotatable bonds is 4. The first-order valence-electron chi connectivity index (χ1n) is 5.93. The van der Waals surface area contributed by atoms with Gasteiger partial charge in [-0.2, -0.15) is 0 Å². The fourth-order valence-corrected chi connectivity index (χ4v) is 3.92. The Kier molecular flexibility index (Phi) is 4.60. The molecule has 0 aliphatic heterocycles. The quantitative estimate of drug-likeness (QED) is 0.658. The van der Waals surface area contributed by atoms with Crippen LogP contribution in [0.5, 0.6) is 0 Å². The van der Waals surface area contributed by atoms with Gasteiger partial charge in [0.25, 0.3) is 15.7 Å². The SMILES string of the molecule is Cc1cccc([N+](=O)[O-])c1S(=O)(=O)Nc1cc(Cl)cc(Cl)c1. The molecule has 1 N–H and O–H groups in total. The largest absolute Gasteiger partial charge is 0.290 e. The highest BCUT2D eigenvalue weighted by Crippen LogP contribution is 2.30. The molecule has 0 aliphatic carbocycles. The van der Waals surface area contributed by atoms with Gasteiger partial charge in [-0.3, -0.25) is 14.8 Å². The molecule has 2 aromatic rings. The first-order chi connectivity index (χ1) is 10.2. The molecule has 2 aromatic carbocycles. The van der Waals surface area contributed by atoms with E-state index in [1.165, 1.54) is 37.3 Å². The van der Waals surface area contributed by atoms with Crippen molar-refractivity contribution < 1.29 is 13.3 Å². The van der Waals surface area contributed by atoms with E-state index in [2.05, 4.69) is 4.72 Å². The summed E-state index contributed by atoms with van der Waals surface area (Å²) in [5.41, 5.74) is -0.120. The molecule has 0 amide bonds. The summed E-state index contributed by atoms with van der Waals surface area (Å²) in [6, 6.07) is 8.18. The van der Waals surface area contributed by atoms with Crippen molar-refractivity contribution in [1.29, 1.82) is 0 Å². The molecule has 9 heteroatoms. The monoisotopic (exact) mass is 360 g/mol. The molecule has 0 heterocycles. The second-order valence-electron chi connectivity index (χ2n) is 4.44. The average molecular weight is 361 g/mol. The topological polar surface area (TPSA) is 89.3 Å². The molecule has 22 heavy (non-hydrogen) atoms. The van der Waals surface area contributed by atoms with Crippen LogP contribution in [0.1, 0.15) is 5.56 Å². The minimum atomic E-state index is -4.16. The van der Waals surface area contributed by atoms with Gasteiger partial charge in [0.2, 0.25) is 0 Å². The van der Waals surface area contributed by atoms with Crippen LogP contribution in [0.2, 0.25) is 10.0 Å². The number of halogens is 2. The third-order valence-corrected chi connectivity index (χ3v) is 4.78. The molecule has 0 saturated carbocycles. The van der Waals surface area contributed by atoms with Crippen LogP contribution >= 0.6 is 23.2 Å². The molecule has 0 radical (unpaired) electrons. The van der Waals surface area contributed by atoms with Gasteiger partial charge in [0.05, 0.1) is 10.6 Å². The average Bonchev–Trinajstić information content (AvgIpc) is 2.35. The molecular formula is C13H10Cl2N2O4S. The Bertz CT molecular complexity index is 833. The highest BCUT2D eigenvalue weighted by atomic mass is 35.5. The van der Waals surface area contributed by atoms with E-state index in [0.717, 1.165) is 6.07 Å². The predicted molar refractivity (Wildman–Crippen MR) is 85.1 cm³/mol. The van der Waals surface area contributed by atoms with E-state index in [1.807, 2.05) is 0 Å². The van der Waals surface area contributed by atoms with Gasteiger partial charge in [-0.1, -0.05) is 35.3 Å². The van der Waals surface area contributed by atoms with E-state index in [1.54, 1.807) is 0 Å². The zero-order chi connectivity index (χ0) is 16.5. The molecule has 0 bridgehead atoms. The number of benzene rings is 2. The Balaban J connectivity index is 2.54. The number of hydrogen-bond acceptors (Lipinski definition) is 4. The van der Waals surface area contributed by atoms with Crippen molar-refractivity contribution in [3.8, 4) is 0 Å². The Labute approximate surface area is 136 Å². The number of hydrogen-bond donors (Lipinski definition) is 1. The van der Waals surface area contributed by atoms with E-state index in [0.29, 0.717) is 0 Å². The normalized spacial score (nSPS) is 11.2. The Morgan fingerprint density at radius 2 is 1.73 bits per heavy atom. The standard InChI is InChI=1S/C13H10Cl2N2O4S/c1-8-3-2-4-12(17(18)19)13(8)22(20,21)16-11-6-9(14)5-10(15)7-11/h2-7,16H,1H3. The number of anilines is 1. The van der Waals surface area contributed by atoms with Crippen molar-refractivity contribution in [2.24, 2.45) is 0 Å². The number of nitro groups is 1. The van der Waals surface area contributed by atoms with E-state index in [4.69, 9.17) is 23.2 Å². The van der Waals surface area contributed by atoms with Crippen molar-refractivity contribution in [3.63, 3.8) is 0 Å². The lowest BCUT2D eigenvalue weighted by molar-refractivity contribution is -0.387. The smallest absolute Gasteiger partial charge is 0.279 e. The zero-order valence-corrected chi connectivity index (χ0v) is 13.5. The minimum absolute atomic E-state index is 0.120. The van der Waals surface area contributed by atoms with Crippen molar-refractivity contribution in [2.45, 2.75) is 11.8 Å². The summed E-state index contributed by atoms with van der Waals surface area (Å²) in [7, 11) is -4.16. The van der Waals surface area contributed by atoms with Crippen LogP contribution in [-0.4, -0.2) is 13.3 Å². The van der Waals surface area contributed by atoms with Crippen LogP contribution in [0.3, 0.4) is 0 Å². The Morgan fingerprint density at radius 1 is 1.14 bits per heavy atom. The van der Waals surface area contributed by atoms with Crippen molar-refractivity contribution in [2.75, 3.05) is 4.72 Å². The molecule has 6 nitrogen and oxygen atoms in total. The first-order valence-corrected chi connectivity index (χ1v) is 8.17. The summed E-state index contributed by atoms with van der Waals surface area (Å²) in [6.45, 7) is 1.48. The van der Waals surface area contributed by atoms with E-state index in [9.17, 15) is 18.5 Å². The molecule has 0 aliphatic rings. The second kappa shape index (κ2) is 6.12. The van der Waals surface area contributed by atoms with Crippen LogP contribution in [0.4, 0.5) is 11.4 Å². The third kappa shape index (κ3) is 3.49. The summed E-state index contributed by atoms with van der Waals surface area (Å²) >= 11 is 11.6. The van der Waals surface area contributed by atoms with Crippen LogP contribution < -0.4 is 4.72 Å². The maximum absolute atomic E-state index is 12.5. The first kappa shape index (κ1) is 16.5. The van der Waals surface area contributed by atoms with Crippen molar-refractivity contribution in [3.05, 3.63) is 62.1 Å². The fourth-order valence-electron chi connectivity index (χ4n) is 1.95. The summed E-state index contributed by atoms with van der Waals surface area (Å²) in [6.07, 6.45) is 0. The van der Waals surface area contributed by atoms with E-state index in [-0.39, 0.29) is 21.3 Å². The number of nitro benzene ring substituents is 1. The second-order valence-corrected chi connectivity index (χ2v) is 6.94. The van der Waals surface area contributed by atoms with E-state index < -0.39 is 25.5 Å². The van der Waals surface area contributed by atoms with Crippen LogP contribution in [0, 0.1) is 17.0 Å². The van der Waals surface area contributed by atoms with Crippen molar-refractivity contribution >= 4 is 44.6 Å². The Morgan fingerprint density at radius 3 is 2.27 bits per heavy atom. The zero-order valence-electron chi connectivity index (χ0n) is 11.2. The van der Waals surface area contributed by atoms with E-state index >= 15 is 0 Å². The lowest BCUT2D eigenvalue weighted by atomic mass is 10.2. The molecule has 116 valence electrons. The summed E-state index contributed by atoms with van der Waals surface area (Å²) in [5, 5.41) is 11.5. The maximum atomic E-state index is 12.5. The minimum Gasteiger partial charge on any atom is -0.279 e. The lowest BCUT2D eigenvalue weighted by Gasteiger charge is -2.11. The summed E-state index contributed by atoms with van der Waals surface area (Å²) in [4.78, 5) is 9.92. The maximum Gasteiger partial charge on any atom is 0.290 e. The molecule has 0 saturated heterocycles. The van der Waals surface area contributed by atoms with Crippen LogP contribution in [0.25, 0.3) is 0 Å². The molecule has 0 unspecified atom stereocenters. The summed E-state index contributed by atoms with van der Waals surface area (Å²) < 4.78 is 27.2. The van der Waals surface area contributed by atoms with Gasteiger partial charge in [-0.05, 0) is 30.7 Å². The lowest BCUT2D eigenvalue weighted by Crippen LogP contribution is -2.16. The number of nitrogens with zero attached hydrogens (tertiary/aromatic N) is 1. The van der Waals surface area contributed by atoms with Gasteiger partial charge in [0.1, 0.15) is 0 Å².